The van der Waals surface area contributed by atoms with Gasteiger partial charge in [0.25, 0.3) is 0 Å². The van der Waals surface area contributed by atoms with E-state index >= 15 is 0 Å². The van der Waals surface area contributed by atoms with Crippen molar-refractivity contribution < 1.29 is 9.90 Å². The molecular weight excluding hydrogens is 328 g/mol. The van der Waals surface area contributed by atoms with E-state index in [-0.39, 0.29) is 18.4 Å². The maximum Gasteiger partial charge on any atom is 0.226 e. The fourth-order valence-electron chi connectivity index (χ4n) is 4.47. The molecule has 0 radical (unpaired) electrons. The Morgan fingerprint density at radius 1 is 1.27 bits per heavy atom. The van der Waals surface area contributed by atoms with Crippen LogP contribution in [0.3, 0.4) is 0 Å². The van der Waals surface area contributed by atoms with Crippen molar-refractivity contribution in [2.75, 3.05) is 20.6 Å². The summed E-state index contributed by atoms with van der Waals surface area (Å²) in [6.45, 7) is 1.61. The fourth-order valence-corrected chi connectivity index (χ4v) is 4.47. The number of piperidine rings is 1. The zero-order chi connectivity index (χ0) is 18.7. The second-order valence-electron chi connectivity index (χ2n) is 8.48. The van der Waals surface area contributed by atoms with Crippen molar-refractivity contribution in [3.05, 3.63) is 17.5 Å². The van der Waals surface area contributed by atoms with E-state index in [1.807, 2.05) is 30.7 Å². The van der Waals surface area contributed by atoms with Crippen molar-refractivity contribution in [3.63, 3.8) is 0 Å². The van der Waals surface area contributed by atoms with Crippen LogP contribution in [0, 0.1) is 0 Å². The molecule has 26 heavy (non-hydrogen) atoms. The number of nitrogens with zero attached hydrogens (tertiary/aromatic N) is 4. The standard InChI is InChI=1S/C20H34N4O2/c1-22(2)15-16-13-17(21-23(16)3)18-9-5-8-12-24(18)19(25)14-20(26)10-6-4-7-11-20/h13,18,26H,4-12,14-15H2,1-3H3. The molecule has 1 amide bonds. The summed E-state index contributed by atoms with van der Waals surface area (Å²) < 4.78 is 1.93. The molecule has 146 valence electrons. The molecule has 3 rings (SSSR count). The first-order chi connectivity index (χ1) is 12.4. The Kier molecular flexibility index (Phi) is 6.03. The molecule has 2 aliphatic rings. The minimum Gasteiger partial charge on any atom is -0.389 e. The molecule has 1 unspecified atom stereocenters. The molecule has 1 N–H and O–H groups in total. The summed E-state index contributed by atoms with van der Waals surface area (Å²) in [4.78, 5) is 17.2. The molecule has 2 heterocycles. The lowest BCUT2D eigenvalue weighted by atomic mass is 9.82. The fraction of sp³-hybridized carbons (Fsp3) is 0.800. The van der Waals surface area contributed by atoms with Crippen LogP contribution < -0.4 is 0 Å². The topological polar surface area (TPSA) is 61.6 Å². The minimum atomic E-state index is -0.794. The Balaban J connectivity index is 1.74. The average molecular weight is 363 g/mol. The molecule has 1 saturated heterocycles. The van der Waals surface area contributed by atoms with Crippen molar-refractivity contribution in [1.29, 1.82) is 0 Å². The Hall–Kier alpha value is -1.40. The van der Waals surface area contributed by atoms with Crippen molar-refractivity contribution in [2.24, 2.45) is 7.05 Å². The van der Waals surface area contributed by atoms with E-state index in [1.54, 1.807) is 0 Å². The number of aromatic nitrogens is 2. The third-order valence-electron chi connectivity index (χ3n) is 5.90. The summed E-state index contributed by atoms with van der Waals surface area (Å²) in [5, 5.41) is 15.5. The number of aryl methyl sites for hydroxylation is 1. The lowest BCUT2D eigenvalue weighted by Gasteiger charge is -2.38. The number of carbonyl (C=O) groups excluding carboxylic acids is 1. The lowest BCUT2D eigenvalue weighted by Crippen LogP contribution is -2.44. The molecule has 6 nitrogen and oxygen atoms in total. The van der Waals surface area contributed by atoms with Crippen LogP contribution in [0.2, 0.25) is 0 Å². The second kappa shape index (κ2) is 8.09. The van der Waals surface area contributed by atoms with Crippen LogP contribution >= 0.6 is 0 Å². The zero-order valence-corrected chi connectivity index (χ0v) is 16.6. The molecule has 0 aromatic carbocycles. The van der Waals surface area contributed by atoms with E-state index < -0.39 is 5.60 Å². The van der Waals surface area contributed by atoms with Crippen LogP contribution in [0.4, 0.5) is 0 Å². The van der Waals surface area contributed by atoms with Crippen LogP contribution in [-0.2, 0) is 18.4 Å². The zero-order valence-electron chi connectivity index (χ0n) is 16.6. The first kappa shape index (κ1) is 19.4. The van der Waals surface area contributed by atoms with E-state index in [4.69, 9.17) is 5.10 Å². The van der Waals surface area contributed by atoms with Gasteiger partial charge in [-0.2, -0.15) is 5.10 Å². The van der Waals surface area contributed by atoms with Gasteiger partial charge in [-0.25, -0.2) is 0 Å². The van der Waals surface area contributed by atoms with Crippen LogP contribution in [0.25, 0.3) is 0 Å². The van der Waals surface area contributed by atoms with Gasteiger partial charge in [-0.3, -0.25) is 9.48 Å². The predicted molar refractivity (Wildman–Crippen MR) is 102 cm³/mol. The van der Waals surface area contributed by atoms with E-state index in [9.17, 15) is 9.90 Å². The third-order valence-corrected chi connectivity index (χ3v) is 5.90. The van der Waals surface area contributed by atoms with E-state index in [0.717, 1.165) is 69.4 Å². The Morgan fingerprint density at radius 2 is 2.00 bits per heavy atom. The summed E-state index contributed by atoms with van der Waals surface area (Å²) in [5.74, 6) is 0.0962. The monoisotopic (exact) mass is 362 g/mol. The highest BCUT2D eigenvalue weighted by Gasteiger charge is 2.37. The highest BCUT2D eigenvalue weighted by atomic mass is 16.3. The maximum atomic E-state index is 13.0. The Bertz CT molecular complexity index is 619. The summed E-state index contributed by atoms with van der Waals surface area (Å²) in [5.41, 5.74) is 1.36. The van der Waals surface area contributed by atoms with Gasteiger partial charge in [0.1, 0.15) is 0 Å². The van der Waals surface area contributed by atoms with Crippen molar-refractivity contribution in [1.82, 2.24) is 19.6 Å². The van der Waals surface area contributed by atoms with Crippen molar-refractivity contribution in [3.8, 4) is 0 Å². The number of amides is 1. The van der Waals surface area contributed by atoms with Gasteiger partial charge in [0, 0.05) is 20.1 Å². The number of carbonyl (C=O) groups is 1. The Labute approximate surface area is 157 Å². The van der Waals surface area contributed by atoms with Gasteiger partial charge in [0.2, 0.25) is 5.91 Å². The number of rotatable bonds is 5. The highest BCUT2D eigenvalue weighted by molar-refractivity contribution is 5.78. The Morgan fingerprint density at radius 3 is 2.69 bits per heavy atom. The molecule has 1 aliphatic heterocycles. The van der Waals surface area contributed by atoms with Crippen LogP contribution in [0.1, 0.15) is 75.2 Å². The average Bonchev–Trinajstić information content (AvgIpc) is 2.95. The molecule has 1 aromatic rings. The van der Waals surface area contributed by atoms with E-state index in [1.165, 1.54) is 6.42 Å². The maximum absolute atomic E-state index is 13.0. The SMILES string of the molecule is CN(C)Cc1cc(C2CCCCN2C(=O)CC2(O)CCCCC2)nn1C. The van der Waals surface area contributed by atoms with Crippen LogP contribution in [-0.4, -0.2) is 56.8 Å². The first-order valence-electron chi connectivity index (χ1n) is 10.1. The van der Waals surface area contributed by atoms with Gasteiger partial charge >= 0.3 is 0 Å². The summed E-state index contributed by atoms with van der Waals surface area (Å²) in [6.07, 6.45) is 8.13. The quantitative estimate of drug-likeness (QED) is 0.875. The molecule has 1 aliphatic carbocycles. The van der Waals surface area contributed by atoms with Gasteiger partial charge in [0.15, 0.2) is 0 Å². The molecule has 1 aromatic heterocycles. The first-order valence-corrected chi connectivity index (χ1v) is 10.1. The van der Waals surface area contributed by atoms with Gasteiger partial charge in [-0.15, -0.1) is 0 Å². The van der Waals surface area contributed by atoms with Gasteiger partial charge in [0.05, 0.1) is 29.5 Å². The lowest BCUT2D eigenvalue weighted by molar-refractivity contribution is -0.141. The molecule has 0 spiro atoms. The molecular formula is C20H34N4O2. The minimum absolute atomic E-state index is 0.0468. The van der Waals surface area contributed by atoms with Crippen molar-refractivity contribution in [2.45, 2.75) is 76.0 Å². The summed E-state index contributed by atoms with van der Waals surface area (Å²) >= 11 is 0. The van der Waals surface area contributed by atoms with E-state index in [0.29, 0.717) is 0 Å². The van der Waals surface area contributed by atoms with Gasteiger partial charge in [-0.05, 0) is 52.3 Å². The highest BCUT2D eigenvalue weighted by Crippen LogP contribution is 2.35. The normalized spacial score (nSPS) is 23.4. The molecule has 1 atom stereocenters. The number of aliphatic hydroxyl groups is 1. The largest absolute Gasteiger partial charge is 0.389 e. The number of likely N-dealkylation sites (tertiary alicyclic amines) is 1. The number of hydrogen-bond donors (Lipinski definition) is 1. The predicted octanol–water partition coefficient (Wildman–Crippen LogP) is 2.62. The molecule has 0 bridgehead atoms. The van der Waals surface area contributed by atoms with Gasteiger partial charge < -0.3 is 14.9 Å². The molecule has 2 fully saturated rings. The summed E-state index contributed by atoms with van der Waals surface area (Å²) in [6, 6.07) is 2.19. The second-order valence-corrected chi connectivity index (χ2v) is 8.48. The van der Waals surface area contributed by atoms with Gasteiger partial charge in [-0.1, -0.05) is 19.3 Å². The summed E-state index contributed by atoms with van der Waals surface area (Å²) in [7, 11) is 6.07. The molecule has 6 heteroatoms. The van der Waals surface area contributed by atoms with Crippen LogP contribution in [0.5, 0.6) is 0 Å². The smallest absolute Gasteiger partial charge is 0.226 e. The van der Waals surface area contributed by atoms with E-state index in [2.05, 4.69) is 11.0 Å². The van der Waals surface area contributed by atoms with Crippen LogP contribution in [0.15, 0.2) is 6.07 Å². The van der Waals surface area contributed by atoms with Crippen molar-refractivity contribution >= 4 is 5.91 Å². The third kappa shape index (κ3) is 4.46. The number of hydrogen-bond acceptors (Lipinski definition) is 4. The molecule has 1 saturated carbocycles.